The standard InChI is InChI=1S/C13H8N4OS2/c14-11-8(1-3-20-11)13-16-12(17-18-13)7-5-10-9(15-6-7)2-4-19-10/h1-6H,14H2. The van der Waals surface area contributed by atoms with Gasteiger partial charge in [0.15, 0.2) is 0 Å². The molecule has 0 radical (unpaired) electrons. The summed E-state index contributed by atoms with van der Waals surface area (Å²) in [5.74, 6) is 0.957. The van der Waals surface area contributed by atoms with Crippen LogP contribution in [0.2, 0.25) is 0 Å². The van der Waals surface area contributed by atoms with E-state index in [0.717, 1.165) is 21.3 Å². The van der Waals surface area contributed by atoms with Gasteiger partial charge in [0.1, 0.15) is 0 Å². The number of nitrogens with two attached hydrogens (primary N) is 1. The molecule has 0 aliphatic heterocycles. The molecule has 20 heavy (non-hydrogen) atoms. The Kier molecular flexibility index (Phi) is 2.54. The summed E-state index contributed by atoms with van der Waals surface area (Å²) in [6.45, 7) is 0. The first-order valence-electron chi connectivity index (χ1n) is 5.82. The van der Waals surface area contributed by atoms with E-state index in [1.54, 1.807) is 17.5 Å². The van der Waals surface area contributed by atoms with Crippen LogP contribution in [0.4, 0.5) is 5.00 Å². The molecule has 0 atom stereocenters. The number of hydrogen-bond acceptors (Lipinski definition) is 7. The maximum atomic E-state index is 5.86. The second kappa shape index (κ2) is 4.39. The monoisotopic (exact) mass is 300 g/mol. The van der Waals surface area contributed by atoms with Gasteiger partial charge in [0.2, 0.25) is 5.82 Å². The maximum absolute atomic E-state index is 5.86. The number of anilines is 1. The summed E-state index contributed by atoms with van der Waals surface area (Å²) in [5, 5.41) is 8.58. The average Bonchev–Trinajstić information content (AvgIpc) is 3.17. The third kappa shape index (κ3) is 1.79. The second-order valence-corrected chi connectivity index (χ2v) is 6.05. The lowest BCUT2D eigenvalue weighted by Crippen LogP contribution is -1.85. The largest absolute Gasteiger partial charge is 0.390 e. The topological polar surface area (TPSA) is 77.8 Å². The maximum Gasteiger partial charge on any atom is 0.261 e. The highest BCUT2D eigenvalue weighted by atomic mass is 32.1. The van der Waals surface area contributed by atoms with Crippen LogP contribution in [0, 0.1) is 0 Å². The second-order valence-electron chi connectivity index (χ2n) is 4.15. The molecule has 4 heterocycles. The quantitative estimate of drug-likeness (QED) is 0.611. The molecule has 0 saturated heterocycles. The molecule has 0 aromatic carbocycles. The van der Waals surface area contributed by atoms with Crippen LogP contribution in [0.5, 0.6) is 0 Å². The van der Waals surface area contributed by atoms with Crippen LogP contribution in [0.15, 0.2) is 39.7 Å². The molecule has 98 valence electrons. The molecule has 2 N–H and O–H groups in total. The molecular formula is C13H8N4OS2. The van der Waals surface area contributed by atoms with Crippen molar-refractivity contribution in [3.8, 4) is 22.8 Å². The number of hydrogen-bond donors (Lipinski definition) is 1. The van der Waals surface area contributed by atoms with Crippen LogP contribution in [0.3, 0.4) is 0 Å². The van der Waals surface area contributed by atoms with Gasteiger partial charge in [-0.05, 0) is 29.0 Å². The smallest absolute Gasteiger partial charge is 0.261 e. The van der Waals surface area contributed by atoms with Gasteiger partial charge in [-0.3, -0.25) is 4.98 Å². The van der Waals surface area contributed by atoms with Gasteiger partial charge in [-0.15, -0.1) is 22.7 Å². The van der Waals surface area contributed by atoms with Crippen LogP contribution in [0.1, 0.15) is 0 Å². The average molecular weight is 300 g/mol. The molecule has 4 aromatic heterocycles. The Morgan fingerprint density at radius 3 is 2.90 bits per heavy atom. The lowest BCUT2D eigenvalue weighted by Gasteiger charge is -1.93. The van der Waals surface area contributed by atoms with Crippen LogP contribution in [-0.4, -0.2) is 15.1 Å². The Balaban J connectivity index is 1.79. The van der Waals surface area contributed by atoms with Gasteiger partial charge in [0, 0.05) is 11.8 Å². The third-order valence-corrected chi connectivity index (χ3v) is 4.51. The fourth-order valence-corrected chi connectivity index (χ4v) is 3.33. The van der Waals surface area contributed by atoms with Crippen LogP contribution in [-0.2, 0) is 0 Å². The number of nitrogens with zero attached hydrogens (tertiary/aromatic N) is 3. The van der Waals surface area contributed by atoms with E-state index in [0.29, 0.717) is 16.7 Å². The molecule has 0 aliphatic carbocycles. The summed E-state index contributed by atoms with van der Waals surface area (Å²) in [6.07, 6.45) is 1.75. The van der Waals surface area contributed by atoms with Gasteiger partial charge in [-0.1, -0.05) is 5.16 Å². The molecule has 0 saturated carbocycles. The van der Waals surface area contributed by atoms with Crippen LogP contribution < -0.4 is 5.73 Å². The van der Waals surface area contributed by atoms with Crippen LogP contribution in [0.25, 0.3) is 33.1 Å². The van der Waals surface area contributed by atoms with Crippen molar-refractivity contribution >= 4 is 37.9 Å². The highest BCUT2D eigenvalue weighted by Gasteiger charge is 2.14. The van der Waals surface area contributed by atoms with Gasteiger partial charge in [0.05, 0.1) is 20.8 Å². The molecule has 7 heteroatoms. The van der Waals surface area contributed by atoms with E-state index in [1.807, 2.05) is 29.0 Å². The summed E-state index contributed by atoms with van der Waals surface area (Å²) in [7, 11) is 0. The van der Waals surface area contributed by atoms with E-state index in [9.17, 15) is 0 Å². The number of nitrogen functional groups attached to an aromatic ring is 1. The zero-order valence-electron chi connectivity index (χ0n) is 10.1. The van der Waals surface area contributed by atoms with E-state index < -0.39 is 0 Å². The summed E-state index contributed by atoms with van der Waals surface area (Å²) in [5.41, 5.74) is 8.45. The predicted molar refractivity (Wildman–Crippen MR) is 80.6 cm³/mol. The van der Waals surface area contributed by atoms with E-state index in [-0.39, 0.29) is 0 Å². The van der Waals surface area contributed by atoms with Gasteiger partial charge < -0.3 is 10.3 Å². The van der Waals surface area contributed by atoms with E-state index in [4.69, 9.17) is 10.3 Å². The Bertz CT molecular complexity index is 892. The fraction of sp³-hybridized carbons (Fsp3) is 0. The van der Waals surface area contributed by atoms with Crippen molar-refractivity contribution in [1.29, 1.82) is 0 Å². The highest BCUT2D eigenvalue weighted by Crippen LogP contribution is 2.31. The minimum absolute atomic E-state index is 0.435. The summed E-state index contributed by atoms with van der Waals surface area (Å²) >= 11 is 3.08. The van der Waals surface area contributed by atoms with Gasteiger partial charge in [-0.2, -0.15) is 4.98 Å². The molecule has 0 bridgehead atoms. The predicted octanol–water partition coefficient (Wildman–Crippen LogP) is 3.66. The Hall–Kier alpha value is -2.25. The number of fused-ring (bicyclic) bond motifs is 1. The van der Waals surface area contributed by atoms with E-state index in [2.05, 4.69) is 15.1 Å². The molecule has 4 aromatic rings. The normalized spacial score (nSPS) is 11.2. The molecule has 5 nitrogen and oxygen atoms in total. The number of rotatable bonds is 2. The van der Waals surface area contributed by atoms with Crippen molar-refractivity contribution in [2.24, 2.45) is 0 Å². The minimum atomic E-state index is 0.435. The van der Waals surface area contributed by atoms with Crippen molar-refractivity contribution in [1.82, 2.24) is 15.1 Å². The first kappa shape index (κ1) is 11.6. The van der Waals surface area contributed by atoms with Gasteiger partial charge >= 0.3 is 0 Å². The third-order valence-electron chi connectivity index (χ3n) is 2.91. The number of pyridine rings is 1. The molecule has 4 rings (SSSR count). The van der Waals surface area contributed by atoms with Crippen molar-refractivity contribution in [2.45, 2.75) is 0 Å². The van der Waals surface area contributed by atoms with Crippen molar-refractivity contribution in [3.05, 3.63) is 35.2 Å². The summed E-state index contributed by atoms with van der Waals surface area (Å²) in [6, 6.07) is 5.87. The number of aromatic nitrogens is 3. The summed E-state index contributed by atoms with van der Waals surface area (Å²) < 4.78 is 6.38. The first-order chi connectivity index (χ1) is 9.81. The lowest BCUT2D eigenvalue weighted by atomic mass is 10.2. The molecule has 0 aliphatic rings. The summed E-state index contributed by atoms with van der Waals surface area (Å²) in [4.78, 5) is 8.76. The van der Waals surface area contributed by atoms with Crippen LogP contribution >= 0.6 is 22.7 Å². The lowest BCUT2D eigenvalue weighted by molar-refractivity contribution is 0.432. The highest BCUT2D eigenvalue weighted by molar-refractivity contribution is 7.17. The zero-order valence-corrected chi connectivity index (χ0v) is 11.7. The van der Waals surface area contributed by atoms with E-state index >= 15 is 0 Å². The van der Waals surface area contributed by atoms with Crippen molar-refractivity contribution < 1.29 is 4.52 Å². The fourth-order valence-electron chi connectivity index (χ4n) is 1.92. The Morgan fingerprint density at radius 1 is 1.15 bits per heavy atom. The molecule has 0 spiro atoms. The SMILES string of the molecule is Nc1sccc1-c1nc(-c2cnc3ccsc3c2)no1. The Morgan fingerprint density at radius 2 is 2.05 bits per heavy atom. The molecule has 0 unspecified atom stereocenters. The minimum Gasteiger partial charge on any atom is -0.390 e. The Labute approximate surface area is 121 Å². The van der Waals surface area contributed by atoms with E-state index in [1.165, 1.54) is 11.3 Å². The van der Waals surface area contributed by atoms with Gasteiger partial charge in [0.25, 0.3) is 5.89 Å². The molecule has 0 amide bonds. The molecule has 0 fully saturated rings. The molecular weight excluding hydrogens is 292 g/mol. The van der Waals surface area contributed by atoms with Gasteiger partial charge in [-0.25, -0.2) is 0 Å². The number of thiophene rings is 2. The first-order valence-corrected chi connectivity index (χ1v) is 7.58. The van der Waals surface area contributed by atoms with Crippen molar-refractivity contribution in [3.63, 3.8) is 0 Å². The zero-order chi connectivity index (χ0) is 13.5. The van der Waals surface area contributed by atoms with Crippen molar-refractivity contribution in [2.75, 3.05) is 5.73 Å².